The van der Waals surface area contributed by atoms with E-state index in [9.17, 15) is 13.5 Å². The molecule has 0 bridgehead atoms. The Hall–Kier alpha value is -0.170. The highest BCUT2D eigenvalue weighted by Gasteiger charge is 2.40. The van der Waals surface area contributed by atoms with Gasteiger partial charge in [0.1, 0.15) is 0 Å². The molecule has 2 fully saturated rings. The van der Waals surface area contributed by atoms with Crippen LogP contribution in [0.1, 0.15) is 19.8 Å². The molecule has 0 aromatic rings. The van der Waals surface area contributed by atoms with Gasteiger partial charge in [-0.1, -0.05) is 6.92 Å². The van der Waals surface area contributed by atoms with Gasteiger partial charge in [-0.15, -0.1) is 0 Å². The molecule has 2 rings (SSSR count). The lowest BCUT2D eigenvalue weighted by Gasteiger charge is -2.30. The zero-order valence-electron chi connectivity index (χ0n) is 10.2. The van der Waals surface area contributed by atoms with Crippen LogP contribution in [0.2, 0.25) is 0 Å². The van der Waals surface area contributed by atoms with E-state index in [4.69, 9.17) is 4.74 Å². The van der Waals surface area contributed by atoms with Crippen LogP contribution in [0.25, 0.3) is 0 Å². The fourth-order valence-electron chi connectivity index (χ4n) is 2.71. The Morgan fingerprint density at radius 1 is 1.41 bits per heavy atom. The van der Waals surface area contributed by atoms with Gasteiger partial charge in [0, 0.05) is 13.2 Å². The summed E-state index contributed by atoms with van der Waals surface area (Å²) in [4.78, 5) is 2.05. The summed E-state index contributed by atoms with van der Waals surface area (Å²) in [6.45, 7) is 4.27. The van der Waals surface area contributed by atoms with Crippen molar-refractivity contribution in [3.05, 3.63) is 0 Å². The van der Waals surface area contributed by atoms with Crippen molar-refractivity contribution in [1.29, 1.82) is 0 Å². The number of ether oxygens (including phenoxy) is 1. The second-order valence-corrected chi connectivity index (χ2v) is 7.09. The minimum atomic E-state index is -3.07. The maximum atomic E-state index is 11.5. The van der Waals surface area contributed by atoms with E-state index < -0.39 is 15.9 Å². The molecule has 0 aliphatic carbocycles. The van der Waals surface area contributed by atoms with Gasteiger partial charge >= 0.3 is 0 Å². The molecule has 0 aromatic carbocycles. The summed E-state index contributed by atoms with van der Waals surface area (Å²) < 4.78 is 28.5. The largest absolute Gasteiger partial charge is 0.390 e. The molecule has 0 amide bonds. The highest BCUT2D eigenvalue weighted by atomic mass is 32.2. The Morgan fingerprint density at radius 2 is 2.18 bits per heavy atom. The normalized spacial score (nSPS) is 36.8. The first-order chi connectivity index (χ1) is 8.02. The molecule has 6 heteroatoms. The predicted molar refractivity (Wildman–Crippen MR) is 64.7 cm³/mol. The van der Waals surface area contributed by atoms with Crippen molar-refractivity contribution >= 4 is 9.84 Å². The van der Waals surface area contributed by atoms with Crippen molar-refractivity contribution < 1.29 is 18.3 Å². The molecule has 0 saturated carbocycles. The SMILES string of the molecule is CCN(CC1CCCO1)C1CS(=O)(=O)CC1O. The van der Waals surface area contributed by atoms with Gasteiger partial charge in [0.2, 0.25) is 0 Å². The first-order valence-corrected chi connectivity index (χ1v) is 8.08. The van der Waals surface area contributed by atoms with Gasteiger partial charge in [0.05, 0.1) is 29.8 Å². The summed E-state index contributed by atoms with van der Waals surface area (Å²) in [5.74, 6) is -0.0194. The van der Waals surface area contributed by atoms with Crippen LogP contribution in [-0.4, -0.2) is 67.9 Å². The maximum Gasteiger partial charge on any atom is 0.154 e. The summed E-state index contributed by atoms with van der Waals surface area (Å²) >= 11 is 0. The fourth-order valence-corrected chi connectivity index (χ4v) is 4.54. The lowest BCUT2D eigenvalue weighted by molar-refractivity contribution is 0.0323. The third-order valence-electron chi connectivity index (χ3n) is 3.63. The van der Waals surface area contributed by atoms with E-state index in [-0.39, 0.29) is 23.7 Å². The number of hydrogen-bond acceptors (Lipinski definition) is 5. The molecule has 2 aliphatic heterocycles. The summed E-state index contributed by atoms with van der Waals surface area (Å²) in [6.07, 6.45) is 1.56. The molecule has 0 radical (unpaired) electrons. The lowest BCUT2D eigenvalue weighted by atomic mass is 10.1. The van der Waals surface area contributed by atoms with E-state index in [0.29, 0.717) is 0 Å². The van der Waals surface area contributed by atoms with Crippen molar-refractivity contribution in [2.24, 2.45) is 0 Å². The van der Waals surface area contributed by atoms with Crippen LogP contribution in [0, 0.1) is 0 Å². The minimum Gasteiger partial charge on any atom is -0.390 e. The Balaban J connectivity index is 1.98. The van der Waals surface area contributed by atoms with Crippen molar-refractivity contribution in [3.63, 3.8) is 0 Å². The third kappa shape index (κ3) is 3.19. The summed E-state index contributed by atoms with van der Waals surface area (Å²) in [6, 6.07) is -0.255. The standard InChI is InChI=1S/C11H21NO4S/c1-2-12(6-9-4-3-5-16-9)10-7-17(14,15)8-11(10)13/h9-11,13H,2-8H2,1H3. The summed E-state index contributed by atoms with van der Waals surface area (Å²) in [7, 11) is -3.07. The van der Waals surface area contributed by atoms with Gasteiger partial charge in [-0.2, -0.15) is 0 Å². The monoisotopic (exact) mass is 263 g/mol. The molecule has 2 aliphatic rings. The molecule has 100 valence electrons. The zero-order valence-corrected chi connectivity index (χ0v) is 11.0. The smallest absolute Gasteiger partial charge is 0.154 e. The Bertz CT molecular complexity index is 350. The minimum absolute atomic E-state index is 0.0781. The molecular formula is C11H21NO4S. The lowest BCUT2D eigenvalue weighted by Crippen LogP contribution is -2.46. The first-order valence-electron chi connectivity index (χ1n) is 6.26. The van der Waals surface area contributed by atoms with Gasteiger partial charge in [-0.05, 0) is 19.4 Å². The predicted octanol–water partition coefficient (Wildman–Crippen LogP) is -0.355. The van der Waals surface area contributed by atoms with Gasteiger partial charge in [0.15, 0.2) is 9.84 Å². The van der Waals surface area contributed by atoms with Gasteiger partial charge < -0.3 is 9.84 Å². The average Bonchev–Trinajstić information content (AvgIpc) is 2.82. The van der Waals surface area contributed by atoms with Crippen LogP contribution >= 0.6 is 0 Å². The molecule has 3 atom stereocenters. The van der Waals surface area contributed by atoms with E-state index >= 15 is 0 Å². The average molecular weight is 263 g/mol. The molecule has 2 heterocycles. The molecule has 3 unspecified atom stereocenters. The highest BCUT2D eigenvalue weighted by Crippen LogP contribution is 2.21. The van der Waals surface area contributed by atoms with Crippen molar-refractivity contribution in [2.45, 2.75) is 38.0 Å². The van der Waals surface area contributed by atoms with Gasteiger partial charge in [0.25, 0.3) is 0 Å². The molecule has 2 saturated heterocycles. The van der Waals surface area contributed by atoms with E-state index in [1.165, 1.54) is 0 Å². The molecule has 1 N–H and O–H groups in total. The quantitative estimate of drug-likeness (QED) is 0.750. The third-order valence-corrected chi connectivity index (χ3v) is 5.33. The van der Waals surface area contributed by atoms with E-state index in [1.807, 2.05) is 11.8 Å². The van der Waals surface area contributed by atoms with Crippen molar-refractivity contribution in [1.82, 2.24) is 4.90 Å². The number of likely N-dealkylation sites (N-methyl/N-ethyl adjacent to an activating group) is 1. The number of hydrogen-bond donors (Lipinski definition) is 1. The number of aliphatic hydroxyl groups is 1. The van der Waals surface area contributed by atoms with Crippen LogP contribution < -0.4 is 0 Å². The molecule has 0 aromatic heterocycles. The van der Waals surface area contributed by atoms with E-state index in [2.05, 4.69) is 0 Å². The summed E-state index contributed by atoms with van der Waals surface area (Å²) in [5, 5.41) is 9.84. The van der Waals surface area contributed by atoms with Crippen LogP contribution in [-0.2, 0) is 14.6 Å². The Labute approximate surface area is 103 Å². The topological polar surface area (TPSA) is 66.8 Å². The molecule has 0 spiro atoms. The molecule has 17 heavy (non-hydrogen) atoms. The van der Waals surface area contributed by atoms with Crippen LogP contribution in [0.3, 0.4) is 0 Å². The number of rotatable bonds is 4. The number of sulfone groups is 1. The second-order valence-electron chi connectivity index (χ2n) is 4.93. The van der Waals surface area contributed by atoms with Crippen molar-refractivity contribution in [2.75, 3.05) is 31.2 Å². The highest BCUT2D eigenvalue weighted by molar-refractivity contribution is 7.91. The first kappa shape index (κ1) is 13.3. The second kappa shape index (κ2) is 5.22. The van der Waals surface area contributed by atoms with Crippen LogP contribution in [0.5, 0.6) is 0 Å². The van der Waals surface area contributed by atoms with Gasteiger partial charge in [-0.25, -0.2) is 8.42 Å². The number of aliphatic hydroxyl groups excluding tert-OH is 1. The van der Waals surface area contributed by atoms with E-state index in [1.54, 1.807) is 0 Å². The Morgan fingerprint density at radius 3 is 2.65 bits per heavy atom. The molecule has 5 nitrogen and oxygen atoms in total. The van der Waals surface area contributed by atoms with E-state index in [0.717, 1.165) is 32.5 Å². The van der Waals surface area contributed by atoms with Crippen molar-refractivity contribution in [3.8, 4) is 0 Å². The van der Waals surface area contributed by atoms with Crippen LogP contribution in [0.4, 0.5) is 0 Å². The fraction of sp³-hybridized carbons (Fsp3) is 1.00. The summed E-state index contributed by atoms with van der Waals surface area (Å²) in [5.41, 5.74) is 0. The molecular weight excluding hydrogens is 242 g/mol. The Kier molecular flexibility index (Phi) is 4.07. The van der Waals surface area contributed by atoms with Gasteiger partial charge in [-0.3, -0.25) is 4.90 Å². The maximum absolute atomic E-state index is 11.5. The number of nitrogens with zero attached hydrogens (tertiary/aromatic N) is 1. The zero-order chi connectivity index (χ0) is 12.5. The van der Waals surface area contributed by atoms with Crippen LogP contribution in [0.15, 0.2) is 0 Å².